The van der Waals surface area contributed by atoms with Gasteiger partial charge in [-0.3, -0.25) is 10.1 Å². The highest BCUT2D eigenvalue weighted by atomic mass is 16.6. The van der Waals surface area contributed by atoms with E-state index in [4.69, 9.17) is 0 Å². The molecule has 0 amide bonds. The predicted octanol–water partition coefficient (Wildman–Crippen LogP) is 7.75. The Labute approximate surface area is 185 Å². The van der Waals surface area contributed by atoms with Crippen LogP contribution in [0.5, 0.6) is 0 Å². The number of hydrogen-bond donors (Lipinski definition) is 0. The summed E-state index contributed by atoms with van der Waals surface area (Å²) in [6, 6.07) is -0.268. The molecule has 3 heteroatoms. The zero-order chi connectivity index (χ0) is 21.7. The van der Waals surface area contributed by atoms with Crippen LogP contribution in [0.2, 0.25) is 0 Å². The van der Waals surface area contributed by atoms with Crippen LogP contribution in [0.15, 0.2) is 0 Å². The van der Waals surface area contributed by atoms with E-state index in [1.165, 1.54) is 57.8 Å². The zero-order valence-electron chi connectivity index (χ0n) is 20.4. The Hall–Kier alpha value is -0.600. The molecule has 0 heterocycles. The zero-order valence-corrected chi connectivity index (χ0v) is 20.4. The van der Waals surface area contributed by atoms with Crippen LogP contribution >= 0.6 is 0 Å². The van der Waals surface area contributed by atoms with E-state index < -0.39 is 0 Å². The second kappa shape index (κ2) is 8.39. The molecule has 0 aromatic heterocycles. The van der Waals surface area contributed by atoms with Crippen molar-refractivity contribution in [3.05, 3.63) is 10.1 Å². The van der Waals surface area contributed by atoms with E-state index in [1.807, 2.05) is 0 Å². The van der Waals surface area contributed by atoms with Gasteiger partial charge in [0, 0.05) is 17.8 Å². The lowest BCUT2D eigenvalue weighted by Crippen LogP contribution is -2.54. The topological polar surface area (TPSA) is 43.1 Å². The van der Waals surface area contributed by atoms with Crippen LogP contribution in [0.3, 0.4) is 0 Å². The summed E-state index contributed by atoms with van der Waals surface area (Å²) in [7, 11) is 0. The number of nitro groups is 1. The van der Waals surface area contributed by atoms with Gasteiger partial charge < -0.3 is 0 Å². The third kappa shape index (κ3) is 3.75. The maximum Gasteiger partial charge on any atom is 0.213 e. The van der Waals surface area contributed by atoms with Gasteiger partial charge in [-0.15, -0.1) is 0 Å². The number of fused-ring (bicyclic) bond motifs is 5. The van der Waals surface area contributed by atoms with Crippen molar-refractivity contribution in [1.29, 1.82) is 0 Å². The highest BCUT2D eigenvalue weighted by molar-refractivity contribution is 5.09. The fraction of sp³-hybridized carbons (Fsp3) is 1.00. The van der Waals surface area contributed by atoms with Gasteiger partial charge in [-0.25, -0.2) is 0 Å². The second-order valence-electron chi connectivity index (χ2n) is 12.9. The minimum Gasteiger partial charge on any atom is -0.264 e. The first kappa shape index (κ1) is 22.6. The average Bonchev–Trinajstić information content (AvgIpc) is 3.04. The van der Waals surface area contributed by atoms with Crippen molar-refractivity contribution in [2.45, 2.75) is 118 Å². The molecule has 0 aromatic rings. The van der Waals surface area contributed by atoms with Crippen LogP contribution in [0, 0.1) is 62.4 Å². The van der Waals surface area contributed by atoms with Crippen LogP contribution in [-0.2, 0) is 0 Å². The van der Waals surface area contributed by atoms with Gasteiger partial charge in [-0.05, 0) is 97.2 Å². The van der Waals surface area contributed by atoms with Crippen molar-refractivity contribution in [3.8, 4) is 0 Å². The molecule has 4 rings (SSSR count). The standard InChI is InChI=1S/C27H47NO2/c1-18(2)7-6-8-19(3)23-11-12-24-22-10-9-20-17-21(28(29)30)13-15-26(20,4)25(22)14-16-27(23,24)5/h18-25H,6-17H2,1-5H3/t19-,20-,21-,22+,23+,24-,25-,26+,27+/m1/s1. The van der Waals surface area contributed by atoms with Crippen LogP contribution < -0.4 is 0 Å². The van der Waals surface area contributed by atoms with Gasteiger partial charge in [0.1, 0.15) is 0 Å². The first-order valence-corrected chi connectivity index (χ1v) is 13.3. The third-order valence-electron chi connectivity index (χ3n) is 11.1. The maximum atomic E-state index is 11.4. The molecule has 0 bridgehead atoms. The van der Waals surface area contributed by atoms with Crippen molar-refractivity contribution in [2.75, 3.05) is 0 Å². The Morgan fingerprint density at radius 3 is 2.30 bits per heavy atom. The Balaban J connectivity index is 1.45. The quantitative estimate of drug-likeness (QED) is 0.327. The maximum absolute atomic E-state index is 11.4. The molecule has 0 aromatic carbocycles. The van der Waals surface area contributed by atoms with Crippen molar-refractivity contribution in [2.24, 2.45) is 52.3 Å². The fourth-order valence-corrected chi connectivity index (χ4v) is 9.45. The Morgan fingerprint density at radius 2 is 1.60 bits per heavy atom. The normalized spacial score (nSPS) is 46.7. The lowest BCUT2D eigenvalue weighted by atomic mass is 9.44. The molecular weight excluding hydrogens is 370 g/mol. The third-order valence-corrected chi connectivity index (χ3v) is 11.1. The van der Waals surface area contributed by atoms with E-state index in [0.29, 0.717) is 16.7 Å². The van der Waals surface area contributed by atoms with Crippen molar-refractivity contribution in [1.82, 2.24) is 0 Å². The largest absolute Gasteiger partial charge is 0.264 e. The molecule has 4 aliphatic rings. The van der Waals surface area contributed by atoms with Gasteiger partial charge >= 0.3 is 0 Å². The molecule has 4 fully saturated rings. The SMILES string of the molecule is CC(C)CCC[C@@H](C)[C@@H]1CC[C@@H]2[C@@H]3CC[C@@H]4C[C@H]([N+](=O)[O-])CC[C@]4(C)[C@@H]3CC[C@]21C. The molecule has 9 atom stereocenters. The van der Waals surface area contributed by atoms with Crippen molar-refractivity contribution in [3.63, 3.8) is 0 Å². The average molecular weight is 418 g/mol. The number of nitrogens with zero attached hydrogens (tertiary/aromatic N) is 1. The Kier molecular flexibility index (Phi) is 6.32. The summed E-state index contributed by atoms with van der Waals surface area (Å²) in [5.74, 6) is 5.87. The van der Waals surface area contributed by atoms with Gasteiger partial charge in [0.05, 0.1) is 0 Å². The summed E-state index contributed by atoms with van der Waals surface area (Å²) < 4.78 is 0. The van der Waals surface area contributed by atoms with Gasteiger partial charge in [-0.1, -0.05) is 53.9 Å². The minimum atomic E-state index is -0.268. The summed E-state index contributed by atoms with van der Waals surface area (Å²) in [5.41, 5.74) is 0.928. The first-order valence-electron chi connectivity index (χ1n) is 13.3. The van der Waals surface area contributed by atoms with Gasteiger partial charge in [0.25, 0.3) is 0 Å². The van der Waals surface area contributed by atoms with Gasteiger partial charge in [0.15, 0.2) is 0 Å². The molecule has 4 saturated carbocycles. The van der Waals surface area contributed by atoms with Crippen LogP contribution in [-0.4, -0.2) is 11.0 Å². The van der Waals surface area contributed by atoms with E-state index >= 15 is 0 Å². The summed E-state index contributed by atoms with van der Waals surface area (Å²) in [6.07, 6.45) is 15.3. The Morgan fingerprint density at radius 1 is 0.900 bits per heavy atom. The number of rotatable bonds is 6. The van der Waals surface area contributed by atoms with Crippen molar-refractivity contribution < 1.29 is 4.92 Å². The van der Waals surface area contributed by atoms with Crippen molar-refractivity contribution >= 4 is 0 Å². The van der Waals surface area contributed by atoms with E-state index in [2.05, 4.69) is 34.6 Å². The minimum absolute atomic E-state index is 0.0197. The van der Waals surface area contributed by atoms with Crippen LogP contribution in [0.25, 0.3) is 0 Å². The van der Waals surface area contributed by atoms with E-state index in [1.54, 1.807) is 0 Å². The highest BCUT2D eigenvalue weighted by Crippen LogP contribution is 2.68. The summed E-state index contributed by atoms with van der Waals surface area (Å²) in [5, 5.41) is 11.4. The molecule has 0 aliphatic heterocycles. The molecule has 30 heavy (non-hydrogen) atoms. The molecule has 0 radical (unpaired) electrons. The predicted molar refractivity (Wildman–Crippen MR) is 124 cm³/mol. The Bertz CT molecular complexity index is 632. The smallest absolute Gasteiger partial charge is 0.213 e. The number of hydrogen-bond acceptors (Lipinski definition) is 2. The van der Waals surface area contributed by atoms with E-state index in [-0.39, 0.29) is 11.0 Å². The first-order chi connectivity index (χ1) is 14.2. The molecule has 172 valence electrons. The molecule has 3 nitrogen and oxygen atoms in total. The van der Waals surface area contributed by atoms with Gasteiger partial charge in [-0.2, -0.15) is 0 Å². The lowest BCUT2D eigenvalue weighted by Gasteiger charge is -2.60. The molecule has 0 unspecified atom stereocenters. The van der Waals surface area contributed by atoms with E-state index in [9.17, 15) is 10.1 Å². The lowest BCUT2D eigenvalue weighted by molar-refractivity contribution is -0.531. The fourth-order valence-electron chi connectivity index (χ4n) is 9.45. The second-order valence-corrected chi connectivity index (χ2v) is 12.9. The van der Waals surface area contributed by atoms with Crippen LogP contribution in [0.1, 0.15) is 112 Å². The van der Waals surface area contributed by atoms with Crippen LogP contribution in [0.4, 0.5) is 0 Å². The molecular formula is C27H47NO2. The summed E-state index contributed by atoms with van der Waals surface area (Å²) >= 11 is 0. The molecule has 0 spiro atoms. The van der Waals surface area contributed by atoms with E-state index in [0.717, 1.165) is 54.8 Å². The monoisotopic (exact) mass is 417 g/mol. The summed E-state index contributed by atoms with van der Waals surface area (Å²) in [4.78, 5) is 11.4. The molecule has 4 aliphatic carbocycles. The molecule has 0 saturated heterocycles. The summed E-state index contributed by atoms with van der Waals surface area (Å²) in [6.45, 7) is 12.5. The van der Waals surface area contributed by atoms with Gasteiger partial charge in [0.2, 0.25) is 6.04 Å². The molecule has 0 N–H and O–H groups in total. The highest BCUT2D eigenvalue weighted by Gasteiger charge is 2.61.